The molecule has 0 saturated heterocycles. The van der Waals surface area contributed by atoms with Crippen LogP contribution in [0.5, 0.6) is 0 Å². The minimum atomic E-state index is -0.250. The molecule has 0 aromatic carbocycles. The molecule has 0 fully saturated rings. The van der Waals surface area contributed by atoms with Gasteiger partial charge in [-0.05, 0) is 18.5 Å². The van der Waals surface area contributed by atoms with E-state index in [0.29, 0.717) is 6.54 Å². The average molecular weight is 293 g/mol. The van der Waals surface area contributed by atoms with Crippen molar-refractivity contribution in [1.29, 1.82) is 0 Å². The lowest BCUT2D eigenvalue weighted by Crippen LogP contribution is -2.02. The first kappa shape index (κ1) is 13.9. The molecule has 3 aromatic rings. The van der Waals surface area contributed by atoms with Crippen molar-refractivity contribution in [3.05, 3.63) is 35.4 Å². The van der Waals surface area contributed by atoms with Crippen molar-refractivity contribution < 1.29 is 14.5 Å². The Labute approximate surface area is 117 Å². The van der Waals surface area contributed by atoms with Crippen LogP contribution in [0.1, 0.15) is 11.4 Å². The lowest BCUT2D eigenvalue weighted by atomic mass is 10.3. The summed E-state index contributed by atoms with van der Waals surface area (Å²) in [4.78, 5) is 12.7. The summed E-state index contributed by atoms with van der Waals surface area (Å²) >= 11 is 1.41. The minimum absolute atomic E-state index is 0.250. The monoisotopic (exact) mass is 293 g/mol. The molecule has 0 saturated carbocycles. The van der Waals surface area contributed by atoms with Gasteiger partial charge in [-0.25, -0.2) is 14.0 Å². The van der Waals surface area contributed by atoms with Crippen LogP contribution in [0.15, 0.2) is 28.6 Å². The van der Waals surface area contributed by atoms with E-state index in [1.54, 1.807) is 12.4 Å². The summed E-state index contributed by atoms with van der Waals surface area (Å²) in [7, 11) is 0. The summed E-state index contributed by atoms with van der Waals surface area (Å²) in [6.45, 7) is 2.22. The molecule has 0 amide bonds. The Bertz CT molecular complexity index is 661. The molecule has 0 radical (unpaired) electrons. The molecule has 0 aliphatic carbocycles. The zero-order valence-corrected chi connectivity index (χ0v) is 11.3. The van der Waals surface area contributed by atoms with Crippen LogP contribution < -0.4 is 0 Å². The highest BCUT2D eigenvalue weighted by molar-refractivity contribution is 7.03. The van der Waals surface area contributed by atoms with Crippen molar-refractivity contribution in [2.75, 3.05) is 0 Å². The van der Waals surface area contributed by atoms with Gasteiger partial charge in [0.1, 0.15) is 17.2 Å². The second-order valence-electron chi connectivity index (χ2n) is 3.69. The second-order valence-corrected chi connectivity index (χ2v) is 4.35. The van der Waals surface area contributed by atoms with Crippen LogP contribution in [0, 0.1) is 6.92 Å². The van der Waals surface area contributed by atoms with Gasteiger partial charge >= 0.3 is 0 Å². The maximum atomic E-state index is 8.36. The molecule has 0 bridgehead atoms. The molecular formula is C11H11N5O3S. The van der Waals surface area contributed by atoms with Crippen LogP contribution in [0.2, 0.25) is 0 Å². The minimum Gasteiger partial charge on any atom is -0.483 e. The molecule has 0 atom stereocenters. The van der Waals surface area contributed by atoms with Gasteiger partial charge in [-0.15, -0.1) is 0 Å². The molecule has 9 heteroatoms. The first-order chi connectivity index (χ1) is 9.76. The Morgan fingerprint density at radius 3 is 2.90 bits per heavy atom. The average Bonchev–Trinajstić information content (AvgIpc) is 3.14. The molecule has 0 unspecified atom stereocenters. The fraction of sp³-hybridized carbons (Fsp3) is 0.182. The highest BCUT2D eigenvalue weighted by Crippen LogP contribution is 2.19. The maximum Gasteiger partial charge on any atom is 0.290 e. The van der Waals surface area contributed by atoms with Crippen molar-refractivity contribution in [1.82, 2.24) is 24.2 Å². The Hall–Kier alpha value is -2.55. The molecule has 8 nitrogen and oxygen atoms in total. The predicted octanol–water partition coefficient (Wildman–Crippen LogP) is 1.45. The molecular weight excluding hydrogens is 282 g/mol. The number of carboxylic acid groups (broad SMARTS) is 1. The van der Waals surface area contributed by atoms with Crippen LogP contribution >= 0.6 is 11.5 Å². The van der Waals surface area contributed by atoms with Gasteiger partial charge in [0.25, 0.3) is 6.47 Å². The largest absolute Gasteiger partial charge is 0.483 e. The van der Waals surface area contributed by atoms with Gasteiger partial charge in [0, 0.05) is 23.3 Å². The molecule has 104 valence electrons. The fourth-order valence-corrected chi connectivity index (χ4v) is 2.08. The van der Waals surface area contributed by atoms with Gasteiger partial charge in [-0.3, -0.25) is 4.79 Å². The molecule has 1 N–H and O–H groups in total. The van der Waals surface area contributed by atoms with E-state index < -0.39 is 0 Å². The summed E-state index contributed by atoms with van der Waals surface area (Å²) in [5.74, 6) is 0.876. The van der Waals surface area contributed by atoms with Gasteiger partial charge in [-0.2, -0.15) is 0 Å². The molecule has 3 aromatic heterocycles. The van der Waals surface area contributed by atoms with Crippen LogP contribution in [0.4, 0.5) is 0 Å². The van der Waals surface area contributed by atoms with Crippen LogP contribution in [-0.4, -0.2) is 35.8 Å². The zero-order valence-electron chi connectivity index (χ0n) is 10.5. The highest BCUT2D eigenvalue weighted by Gasteiger charge is 2.11. The number of hydrogen-bond donors (Lipinski definition) is 1. The van der Waals surface area contributed by atoms with Crippen molar-refractivity contribution in [2.24, 2.45) is 0 Å². The normalized spacial score (nSPS) is 9.85. The third-order valence-corrected chi connectivity index (χ3v) is 3.06. The maximum absolute atomic E-state index is 8.36. The van der Waals surface area contributed by atoms with Gasteiger partial charge in [-0.1, -0.05) is 10.3 Å². The van der Waals surface area contributed by atoms with Crippen molar-refractivity contribution >= 4 is 18.0 Å². The lowest BCUT2D eigenvalue weighted by Gasteiger charge is -2.03. The number of rotatable bonds is 3. The molecule has 3 rings (SSSR count). The quantitative estimate of drug-likeness (QED) is 0.728. The predicted molar refractivity (Wildman–Crippen MR) is 70.2 cm³/mol. The third-order valence-electron chi connectivity index (χ3n) is 2.47. The molecule has 0 spiro atoms. The fourth-order valence-electron chi connectivity index (χ4n) is 1.57. The van der Waals surface area contributed by atoms with E-state index in [2.05, 4.69) is 24.3 Å². The zero-order chi connectivity index (χ0) is 14.4. The summed E-state index contributed by atoms with van der Waals surface area (Å²) in [5, 5.41) is 16.5. The summed E-state index contributed by atoms with van der Waals surface area (Å²) in [6.07, 6.45) is 5.47. The molecule has 0 aliphatic rings. The Balaban J connectivity index is 0.000000452. The second kappa shape index (κ2) is 6.57. The van der Waals surface area contributed by atoms with Crippen molar-refractivity contribution in [3.63, 3.8) is 0 Å². The lowest BCUT2D eigenvalue weighted by molar-refractivity contribution is -0.122. The highest BCUT2D eigenvalue weighted by atomic mass is 32.1. The number of hydrogen-bond acceptors (Lipinski definition) is 7. The standard InChI is InChI=1S/C10H9N5OS.CH2O2/c1-7-9(14-16-13-7)5-15-3-2-11-10(15)8-4-12-17-6-8;2-1-3/h2-4,6H,5H2,1H3;1H,(H,2,3). The van der Waals surface area contributed by atoms with E-state index in [1.807, 2.05) is 23.1 Å². The van der Waals surface area contributed by atoms with E-state index in [9.17, 15) is 0 Å². The van der Waals surface area contributed by atoms with Gasteiger partial charge in [0.05, 0.1) is 12.7 Å². The van der Waals surface area contributed by atoms with Gasteiger partial charge in [0.2, 0.25) is 0 Å². The van der Waals surface area contributed by atoms with Crippen LogP contribution in [0.3, 0.4) is 0 Å². The number of carbonyl (C=O) groups is 1. The summed E-state index contributed by atoms with van der Waals surface area (Å²) in [6, 6.07) is 0. The van der Waals surface area contributed by atoms with Crippen molar-refractivity contribution in [2.45, 2.75) is 13.5 Å². The number of nitrogens with zero attached hydrogens (tertiary/aromatic N) is 5. The summed E-state index contributed by atoms with van der Waals surface area (Å²) < 4.78 is 10.8. The van der Waals surface area contributed by atoms with E-state index >= 15 is 0 Å². The first-order valence-corrected chi connectivity index (χ1v) is 6.36. The van der Waals surface area contributed by atoms with E-state index in [0.717, 1.165) is 22.8 Å². The Morgan fingerprint density at radius 1 is 1.50 bits per heavy atom. The Morgan fingerprint density at radius 2 is 2.30 bits per heavy atom. The number of aryl methyl sites for hydroxylation is 1. The van der Waals surface area contributed by atoms with E-state index in [-0.39, 0.29) is 6.47 Å². The van der Waals surface area contributed by atoms with Gasteiger partial charge < -0.3 is 9.67 Å². The van der Waals surface area contributed by atoms with Crippen molar-refractivity contribution in [3.8, 4) is 11.4 Å². The van der Waals surface area contributed by atoms with Gasteiger partial charge in [0.15, 0.2) is 0 Å². The van der Waals surface area contributed by atoms with Crippen LogP contribution in [-0.2, 0) is 11.3 Å². The summed E-state index contributed by atoms with van der Waals surface area (Å²) in [5.41, 5.74) is 2.62. The van der Waals surface area contributed by atoms with Crippen LogP contribution in [0.25, 0.3) is 11.4 Å². The SMILES string of the molecule is Cc1nonc1Cn1ccnc1-c1cnsc1.O=CO. The first-order valence-electron chi connectivity index (χ1n) is 5.53. The number of imidazole rings is 1. The molecule has 0 aliphatic heterocycles. The smallest absolute Gasteiger partial charge is 0.290 e. The molecule has 20 heavy (non-hydrogen) atoms. The number of aromatic nitrogens is 5. The Kier molecular flexibility index (Phi) is 4.56. The molecule has 3 heterocycles. The van der Waals surface area contributed by atoms with E-state index in [1.165, 1.54) is 11.5 Å². The topological polar surface area (TPSA) is 107 Å². The van der Waals surface area contributed by atoms with E-state index in [4.69, 9.17) is 9.90 Å². The third kappa shape index (κ3) is 3.06.